The number of carbonyl (C=O) groups excluding carboxylic acids is 3. The van der Waals surface area contributed by atoms with Gasteiger partial charge in [-0.3, -0.25) is 9.59 Å². The molecule has 0 aromatic heterocycles. The molecule has 0 aromatic rings. The molecule has 1 radical (unpaired) electrons. The highest BCUT2D eigenvalue weighted by Gasteiger charge is 2.04. The van der Waals surface area contributed by atoms with Gasteiger partial charge < -0.3 is 4.74 Å². The van der Waals surface area contributed by atoms with Crippen LogP contribution in [0, 0.1) is 0 Å². The average molecular weight is 129 g/mol. The van der Waals surface area contributed by atoms with Gasteiger partial charge in [0.05, 0.1) is 0 Å². The minimum absolute atomic E-state index is 0.338. The molecule has 0 spiro atoms. The molecule has 9 heavy (non-hydrogen) atoms. The molecule has 0 aliphatic rings. The molecule has 0 N–H and O–H groups in total. The molecule has 0 unspecified atom stereocenters. The fourth-order valence-corrected chi connectivity index (χ4v) is 0.286. The highest BCUT2D eigenvalue weighted by Crippen LogP contribution is 1.83. The van der Waals surface area contributed by atoms with Crippen LogP contribution in [-0.4, -0.2) is 18.2 Å². The van der Waals surface area contributed by atoms with E-state index in [9.17, 15) is 14.4 Å². The SMILES string of the molecule is CC(=O)CC(=O)O[C]=O. The fourth-order valence-electron chi connectivity index (χ4n) is 0.286. The third-order valence-corrected chi connectivity index (χ3v) is 0.549. The zero-order valence-electron chi connectivity index (χ0n) is 4.84. The van der Waals surface area contributed by atoms with E-state index in [-0.39, 0.29) is 12.2 Å². The predicted molar refractivity (Wildman–Crippen MR) is 27.1 cm³/mol. The molecule has 0 bridgehead atoms. The summed E-state index contributed by atoms with van der Waals surface area (Å²) in [7, 11) is 0. The lowest BCUT2D eigenvalue weighted by atomic mass is 10.3. The Morgan fingerprint density at radius 1 is 1.56 bits per heavy atom. The van der Waals surface area contributed by atoms with Crippen LogP contribution in [0.4, 0.5) is 0 Å². The van der Waals surface area contributed by atoms with Crippen LogP contribution in [0.3, 0.4) is 0 Å². The molecule has 0 amide bonds. The molecule has 0 heterocycles. The van der Waals surface area contributed by atoms with Gasteiger partial charge in [-0.2, -0.15) is 0 Å². The van der Waals surface area contributed by atoms with Crippen LogP contribution in [0.2, 0.25) is 0 Å². The number of carbonyl (C=O) groups is 2. The maximum absolute atomic E-state index is 10.1. The highest BCUT2D eigenvalue weighted by molar-refractivity contribution is 5.95. The molecule has 0 saturated heterocycles. The Morgan fingerprint density at radius 3 is 2.44 bits per heavy atom. The van der Waals surface area contributed by atoms with Gasteiger partial charge in [0.25, 0.3) is 0 Å². The van der Waals surface area contributed by atoms with Gasteiger partial charge in [0.15, 0.2) is 0 Å². The van der Waals surface area contributed by atoms with E-state index in [1.54, 1.807) is 0 Å². The maximum atomic E-state index is 10.1. The van der Waals surface area contributed by atoms with Gasteiger partial charge in [-0.05, 0) is 6.92 Å². The molecular formula is C5H5O4. The van der Waals surface area contributed by atoms with Crippen molar-refractivity contribution < 1.29 is 19.1 Å². The van der Waals surface area contributed by atoms with Gasteiger partial charge in [0.1, 0.15) is 12.2 Å². The van der Waals surface area contributed by atoms with Crippen molar-refractivity contribution in [3.63, 3.8) is 0 Å². The van der Waals surface area contributed by atoms with Crippen LogP contribution in [0.5, 0.6) is 0 Å². The van der Waals surface area contributed by atoms with Crippen molar-refractivity contribution in [2.45, 2.75) is 13.3 Å². The van der Waals surface area contributed by atoms with Crippen molar-refractivity contribution in [1.29, 1.82) is 0 Å². The minimum atomic E-state index is -0.863. The van der Waals surface area contributed by atoms with Gasteiger partial charge >= 0.3 is 12.4 Å². The summed E-state index contributed by atoms with van der Waals surface area (Å²) in [6.07, 6.45) is -0.366. The Hall–Kier alpha value is -1.19. The lowest BCUT2D eigenvalue weighted by Crippen LogP contribution is -2.06. The summed E-state index contributed by atoms with van der Waals surface area (Å²) in [4.78, 5) is 29.6. The van der Waals surface area contributed by atoms with E-state index in [2.05, 4.69) is 4.74 Å². The molecule has 0 aliphatic heterocycles. The van der Waals surface area contributed by atoms with Crippen LogP contribution in [0.25, 0.3) is 0 Å². The van der Waals surface area contributed by atoms with Gasteiger partial charge in [-0.25, -0.2) is 4.79 Å². The standard InChI is InChI=1S/C5H5O4/c1-4(7)2-5(8)9-3-6/h2H2,1H3. The first-order valence-corrected chi connectivity index (χ1v) is 2.23. The molecule has 0 fully saturated rings. The number of hydrogen-bond donors (Lipinski definition) is 0. The monoisotopic (exact) mass is 129 g/mol. The lowest BCUT2D eigenvalue weighted by molar-refractivity contribution is -0.138. The lowest BCUT2D eigenvalue weighted by Gasteiger charge is -1.88. The number of rotatable bonds is 3. The van der Waals surface area contributed by atoms with Crippen LogP contribution >= 0.6 is 0 Å². The Kier molecular flexibility index (Phi) is 3.27. The summed E-state index contributed by atoms with van der Waals surface area (Å²) in [5, 5.41) is 0. The molecular weight excluding hydrogens is 124 g/mol. The predicted octanol–water partition coefficient (Wildman–Crippen LogP) is -0.424. The van der Waals surface area contributed by atoms with Gasteiger partial charge in [-0.15, -0.1) is 0 Å². The third kappa shape index (κ3) is 4.67. The van der Waals surface area contributed by atoms with Crippen molar-refractivity contribution in [2.24, 2.45) is 0 Å². The Labute approximate surface area is 51.8 Å². The van der Waals surface area contributed by atoms with E-state index in [4.69, 9.17) is 0 Å². The van der Waals surface area contributed by atoms with Crippen LogP contribution < -0.4 is 0 Å². The molecule has 0 rings (SSSR count). The van der Waals surface area contributed by atoms with Gasteiger partial charge in [0, 0.05) is 0 Å². The smallest absolute Gasteiger partial charge is 0.384 e. The normalized spacial score (nSPS) is 8.11. The number of ketones is 1. The molecule has 4 heteroatoms. The largest absolute Gasteiger partial charge is 0.425 e. The maximum Gasteiger partial charge on any atom is 0.425 e. The van der Waals surface area contributed by atoms with E-state index >= 15 is 0 Å². The fraction of sp³-hybridized carbons (Fsp3) is 0.400. The van der Waals surface area contributed by atoms with Crippen molar-refractivity contribution >= 4 is 18.2 Å². The van der Waals surface area contributed by atoms with E-state index in [0.29, 0.717) is 0 Å². The molecule has 0 aliphatic carbocycles. The second-order valence-corrected chi connectivity index (χ2v) is 1.44. The van der Waals surface area contributed by atoms with Crippen molar-refractivity contribution in [3.8, 4) is 0 Å². The Balaban J connectivity index is 3.50. The summed E-state index contributed by atoms with van der Waals surface area (Å²) >= 11 is 0. The summed E-state index contributed by atoms with van der Waals surface area (Å²) in [6, 6.07) is 0. The second-order valence-electron chi connectivity index (χ2n) is 1.44. The zero-order chi connectivity index (χ0) is 7.28. The Bertz CT molecular complexity index is 138. The number of ether oxygens (including phenoxy) is 1. The van der Waals surface area contributed by atoms with Crippen molar-refractivity contribution in [2.75, 3.05) is 0 Å². The van der Waals surface area contributed by atoms with Gasteiger partial charge in [0.2, 0.25) is 0 Å². The molecule has 0 aromatic carbocycles. The number of esters is 1. The zero-order valence-corrected chi connectivity index (χ0v) is 4.84. The first-order chi connectivity index (χ1) is 4.16. The quantitative estimate of drug-likeness (QED) is 0.383. The number of hydrogen-bond acceptors (Lipinski definition) is 4. The molecule has 49 valence electrons. The van der Waals surface area contributed by atoms with Crippen LogP contribution in [0.1, 0.15) is 13.3 Å². The van der Waals surface area contributed by atoms with E-state index in [1.165, 1.54) is 6.92 Å². The summed E-state index contributed by atoms with van der Waals surface area (Å²) < 4.78 is 3.69. The molecule has 4 nitrogen and oxygen atoms in total. The number of Topliss-reactive ketones (excluding diaryl/α,β-unsaturated/α-hetero) is 1. The minimum Gasteiger partial charge on any atom is -0.384 e. The van der Waals surface area contributed by atoms with Crippen molar-refractivity contribution in [1.82, 2.24) is 0 Å². The van der Waals surface area contributed by atoms with E-state index in [0.717, 1.165) is 6.47 Å². The van der Waals surface area contributed by atoms with E-state index < -0.39 is 5.97 Å². The highest BCUT2D eigenvalue weighted by atomic mass is 16.6. The first kappa shape index (κ1) is 7.81. The first-order valence-electron chi connectivity index (χ1n) is 2.23. The van der Waals surface area contributed by atoms with Gasteiger partial charge in [-0.1, -0.05) is 0 Å². The third-order valence-electron chi connectivity index (χ3n) is 0.549. The van der Waals surface area contributed by atoms with Crippen LogP contribution in [-0.2, 0) is 19.1 Å². The summed E-state index contributed by atoms with van der Waals surface area (Å²) in [6.45, 7) is 2.15. The molecule has 0 atom stereocenters. The van der Waals surface area contributed by atoms with Crippen molar-refractivity contribution in [3.05, 3.63) is 0 Å². The topological polar surface area (TPSA) is 60.4 Å². The van der Waals surface area contributed by atoms with E-state index in [1.807, 2.05) is 0 Å². The van der Waals surface area contributed by atoms with Crippen LogP contribution in [0.15, 0.2) is 0 Å². The second kappa shape index (κ2) is 3.77. The summed E-state index contributed by atoms with van der Waals surface area (Å²) in [5.41, 5.74) is 0. The Morgan fingerprint density at radius 2 is 2.11 bits per heavy atom. The average Bonchev–Trinajstić information content (AvgIpc) is 1.63. The summed E-state index contributed by atoms with van der Waals surface area (Å²) in [5.74, 6) is -1.20. The molecule has 0 saturated carbocycles.